The highest BCUT2D eigenvalue weighted by molar-refractivity contribution is 5.72. The van der Waals surface area contributed by atoms with Crippen molar-refractivity contribution in [2.24, 2.45) is 0 Å². The Hall–Kier alpha value is -1.59. The molecular weight excluding hydrogens is 228 g/mol. The lowest BCUT2D eigenvalue weighted by Gasteiger charge is -2.06. The molecule has 0 aliphatic carbocycles. The molecule has 0 bridgehead atoms. The summed E-state index contributed by atoms with van der Waals surface area (Å²) in [6, 6.07) is 0.293. The van der Waals surface area contributed by atoms with Crippen molar-refractivity contribution in [2.75, 3.05) is 0 Å². The first-order valence-corrected chi connectivity index (χ1v) is 4.51. The molecule has 6 heteroatoms. The molecule has 0 spiro atoms. The molecule has 0 atom stereocenters. The summed E-state index contributed by atoms with van der Waals surface area (Å²) in [5, 5.41) is 0. The third-order valence-corrected chi connectivity index (χ3v) is 1.75. The van der Waals surface area contributed by atoms with Crippen LogP contribution in [0.15, 0.2) is 6.07 Å². The number of benzene rings is 1. The Kier molecular flexibility index (Phi) is 3.87. The predicted molar refractivity (Wildman–Crippen MR) is 46.8 cm³/mol. The van der Waals surface area contributed by atoms with Gasteiger partial charge in [0.25, 0.3) is 0 Å². The van der Waals surface area contributed by atoms with Crippen LogP contribution in [0.2, 0.25) is 0 Å². The van der Waals surface area contributed by atoms with Crippen LogP contribution in [-0.2, 0) is 4.79 Å². The van der Waals surface area contributed by atoms with Gasteiger partial charge in [-0.25, -0.2) is 13.2 Å². The van der Waals surface area contributed by atoms with Crippen LogP contribution in [0.3, 0.4) is 0 Å². The Morgan fingerprint density at radius 3 is 2.38 bits per heavy atom. The van der Waals surface area contributed by atoms with Crippen molar-refractivity contribution in [3.8, 4) is 5.75 Å². The van der Waals surface area contributed by atoms with Crippen molar-refractivity contribution >= 4 is 5.97 Å². The maximum Gasteiger partial charge on any atom is 0.311 e. The van der Waals surface area contributed by atoms with Crippen molar-refractivity contribution in [3.05, 3.63) is 29.3 Å². The van der Waals surface area contributed by atoms with Gasteiger partial charge in [-0.05, 0) is 6.42 Å². The molecule has 2 nitrogen and oxygen atoms in total. The van der Waals surface area contributed by atoms with Gasteiger partial charge in [-0.1, -0.05) is 6.92 Å². The molecule has 0 amide bonds. The smallest absolute Gasteiger partial charge is 0.311 e. The third kappa shape index (κ3) is 2.50. The van der Waals surface area contributed by atoms with E-state index in [0.717, 1.165) is 0 Å². The topological polar surface area (TPSA) is 26.3 Å². The summed E-state index contributed by atoms with van der Waals surface area (Å²) in [4.78, 5) is 10.9. The van der Waals surface area contributed by atoms with E-state index in [0.29, 0.717) is 12.5 Å². The Labute approximate surface area is 88.8 Å². The molecule has 0 aliphatic heterocycles. The molecule has 0 heterocycles. The highest BCUT2D eigenvalue weighted by Crippen LogP contribution is 2.24. The van der Waals surface area contributed by atoms with E-state index in [9.17, 15) is 22.4 Å². The van der Waals surface area contributed by atoms with E-state index in [1.165, 1.54) is 0 Å². The lowest BCUT2D eigenvalue weighted by molar-refractivity contribution is -0.134. The zero-order valence-electron chi connectivity index (χ0n) is 8.32. The summed E-state index contributed by atoms with van der Waals surface area (Å²) < 4.78 is 55.2. The standard InChI is InChI=1S/C10H8F4O2/c1-2-3-7(15)16-6-4-5(11)8(12)10(14)9(6)13/h4H,2-3H2,1H3. The van der Waals surface area contributed by atoms with Crippen molar-refractivity contribution in [1.29, 1.82) is 0 Å². The van der Waals surface area contributed by atoms with Gasteiger partial charge < -0.3 is 4.74 Å². The van der Waals surface area contributed by atoms with Gasteiger partial charge in [0.15, 0.2) is 17.4 Å². The van der Waals surface area contributed by atoms with E-state index in [4.69, 9.17) is 0 Å². The molecule has 1 rings (SSSR count). The maximum absolute atomic E-state index is 13.0. The van der Waals surface area contributed by atoms with E-state index in [1.807, 2.05) is 0 Å². The number of carbonyl (C=O) groups excluding carboxylic acids is 1. The molecule has 0 unspecified atom stereocenters. The van der Waals surface area contributed by atoms with E-state index >= 15 is 0 Å². The number of hydrogen-bond acceptors (Lipinski definition) is 2. The van der Waals surface area contributed by atoms with Crippen LogP contribution in [0.1, 0.15) is 19.8 Å². The number of rotatable bonds is 3. The average molecular weight is 236 g/mol. The minimum atomic E-state index is -2.00. The average Bonchev–Trinajstić information content (AvgIpc) is 2.23. The second-order valence-corrected chi connectivity index (χ2v) is 3.02. The molecule has 0 aliphatic rings. The summed E-state index contributed by atoms with van der Waals surface area (Å²) in [5.41, 5.74) is 0. The van der Waals surface area contributed by atoms with Gasteiger partial charge >= 0.3 is 5.97 Å². The molecule has 0 N–H and O–H groups in total. The Morgan fingerprint density at radius 2 is 1.81 bits per heavy atom. The quantitative estimate of drug-likeness (QED) is 0.265. The first-order chi connectivity index (χ1) is 7.47. The number of carbonyl (C=O) groups is 1. The minimum Gasteiger partial charge on any atom is -0.423 e. The molecule has 16 heavy (non-hydrogen) atoms. The van der Waals surface area contributed by atoms with E-state index in [-0.39, 0.29) is 6.42 Å². The van der Waals surface area contributed by atoms with E-state index in [1.54, 1.807) is 6.92 Å². The van der Waals surface area contributed by atoms with Gasteiger partial charge in [0.05, 0.1) is 0 Å². The second-order valence-electron chi connectivity index (χ2n) is 3.02. The fourth-order valence-corrected chi connectivity index (χ4v) is 1.00. The zero-order valence-corrected chi connectivity index (χ0v) is 8.32. The summed E-state index contributed by atoms with van der Waals surface area (Å²) in [6.45, 7) is 1.67. The highest BCUT2D eigenvalue weighted by atomic mass is 19.2. The zero-order chi connectivity index (χ0) is 12.3. The fraction of sp³-hybridized carbons (Fsp3) is 0.300. The van der Waals surface area contributed by atoms with E-state index < -0.39 is 35.0 Å². The third-order valence-electron chi connectivity index (χ3n) is 1.75. The van der Waals surface area contributed by atoms with Crippen LogP contribution >= 0.6 is 0 Å². The highest BCUT2D eigenvalue weighted by Gasteiger charge is 2.21. The lowest BCUT2D eigenvalue weighted by atomic mass is 10.3. The second kappa shape index (κ2) is 4.96. The molecule has 0 aromatic heterocycles. The minimum absolute atomic E-state index is 0.0277. The maximum atomic E-state index is 13.0. The monoisotopic (exact) mass is 236 g/mol. The first-order valence-electron chi connectivity index (χ1n) is 4.51. The Bertz CT molecular complexity index is 418. The molecule has 0 saturated heterocycles. The van der Waals surface area contributed by atoms with Crippen LogP contribution in [0.5, 0.6) is 5.75 Å². The van der Waals surface area contributed by atoms with Crippen LogP contribution in [-0.4, -0.2) is 5.97 Å². The molecular formula is C10H8F4O2. The van der Waals surface area contributed by atoms with Crippen molar-refractivity contribution in [3.63, 3.8) is 0 Å². The van der Waals surface area contributed by atoms with Crippen LogP contribution in [0, 0.1) is 23.3 Å². The van der Waals surface area contributed by atoms with Crippen LogP contribution in [0.25, 0.3) is 0 Å². The van der Waals surface area contributed by atoms with Crippen molar-refractivity contribution < 1.29 is 27.1 Å². The first kappa shape index (κ1) is 12.5. The number of halogens is 4. The van der Waals surface area contributed by atoms with Gasteiger partial charge in [0, 0.05) is 12.5 Å². The van der Waals surface area contributed by atoms with Gasteiger partial charge in [0.1, 0.15) is 0 Å². The SMILES string of the molecule is CCCC(=O)Oc1cc(F)c(F)c(F)c1F. The van der Waals surface area contributed by atoms with Crippen LogP contribution < -0.4 is 4.74 Å². The molecule has 0 radical (unpaired) electrons. The largest absolute Gasteiger partial charge is 0.423 e. The van der Waals surface area contributed by atoms with Gasteiger partial charge in [0.2, 0.25) is 11.6 Å². The molecule has 1 aromatic carbocycles. The Morgan fingerprint density at radius 1 is 1.19 bits per heavy atom. The molecule has 0 fully saturated rings. The van der Waals surface area contributed by atoms with Crippen molar-refractivity contribution in [1.82, 2.24) is 0 Å². The molecule has 0 saturated carbocycles. The predicted octanol–water partition coefficient (Wildman–Crippen LogP) is 2.95. The number of ether oxygens (including phenoxy) is 1. The fourth-order valence-electron chi connectivity index (χ4n) is 1.00. The normalized spacial score (nSPS) is 10.3. The van der Waals surface area contributed by atoms with Gasteiger partial charge in [-0.15, -0.1) is 0 Å². The summed E-state index contributed by atoms with van der Waals surface area (Å²) in [7, 11) is 0. The van der Waals surface area contributed by atoms with Crippen molar-refractivity contribution in [2.45, 2.75) is 19.8 Å². The van der Waals surface area contributed by atoms with Gasteiger partial charge in [-0.3, -0.25) is 4.79 Å². The number of esters is 1. The lowest BCUT2D eigenvalue weighted by Crippen LogP contribution is -2.10. The Balaban J connectivity index is 3.02. The molecule has 1 aromatic rings. The molecule has 88 valence electrons. The number of hydrogen-bond donors (Lipinski definition) is 0. The summed E-state index contributed by atoms with van der Waals surface area (Å²) in [5.74, 6) is -9.06. The van der Waals surface area contributed by atoms with Gasteiger partial charge in [-0.2, -0.15) is 4.39 Å². The summed E-state index contributed by atoms with van der Waals surface area (Å²) in [6.07, 6.45) is 0.409. The van der Waals surface area contributed by atoms with E-state index in [2.05, 4.69) is 4.74 Å². The summed E-state index contributed by atoms with van der Waals surface area (Å²) >= 11 is 0. The van der Waals surface area contributed by atoms with Crippen LogP contribution in [0.4, 0.5) is 17.6 Å².